The summed E-state index contributed by atoms with van der Waals surface area (Å²) < 4.78 is 5.07. The minimum absolute atomic E-state index is 0.325. The summed E-state index contributed by atoms with van der Waals surface area (Å²) in [4.78, 5) is 12.1. The van der Waals surface area contributed by atoms with Crippen molar-refractivity contribution in [3.63, 3.8) is 0 Å². The average Bonchev–Trinajstić information content (AvgIpc) is 2.81. The molecule has 7 heteroatoms. The molecule has 3 rings (SSSR count). The molecule has 17 heavy (non-hydrogen) atoms. The van der Waals surface area contributed by atoms with E-state index in [0.29, 0.717) is 11.9 Å². The minimum atomic E-state index is 0.325. The number of nitrogens with zero attached hydrogens (tertiary/aromatic N) is 6. The molecule has 0 amide bonds. The Morgan fingerprint density at radius 1 is 1.24 bits per heavy atom. The number of hydrogen-bond donors (Lipinski definition) is 0. The van der Waals surface area contributed by atoms with Gasteiger partial charge < -0.3 is 9.64 Å². The van der Waals surface area contributed by atoms with Crippen LogP contribution in [-0.2, 0) is 0 Å². The maximum Gasteiger partial charge on any atom is 0.218 e. The van der Waals surface area contributed by atoms with Crippen molar-refractivity contribution < 1.29 is 4.74 Å². The zero-order valence-electron chi connectivity index (χ0n) is 9.39. The highest BCUT2D eigenvalue weighted by atomic mass is 16.5. The van der Waals surface area contributed by atoms with Gasteiger partial charge in [0, 0.05) is 19.2 Å². The van der Waals surface area contributed by atoms with Crippen molar-refractivity contribution in [1.82, 2.24) is 25.0 Å². The second kappa shape index (κ2) is 4.00. The Balaban J connectivity index is 1.68. The van der Waals surface area contributed by atoms with E-state index in [4.69, 9.17) is 4.74 Å². The molecule has 0 aromatic carbocycles. The third-order valence-electron chi connectivity index (χ3n) is 2.79. The summed E-state index contributed by atoms with van der Waals surface area (Å²) in [5.41, 5.74) is 0. The molecule has 7 nitrogen and oxygen atoms in total. The first-order valence-electron chi connectivity index (χ1n) is 5.33. The van der Waals surface area contributed by atoms with Crippen LogP contribution in [0.5, 0.6) is 5.88 Å². The van der Waals surface area contributed by atoms with Crippen LogP contribution in [0.25, 0.3) is 0 Å². The number of anilines is 1. The van der Waals surface area contributed by atoms with E-state index in [1.54, 1.807) is 24.3 Å². The van der Waals surface area contributed by atoms with Crippen LogP contribution >= 0.6 is 0 Å². The summed E-state index contributed by atoms with van der Waals surface area (Å²) in [6, 6.07) is 2.15. The standard InChI is InChI=1S/C10H12N6O/c1-17-10-4-9(11-7-12-10)15-5-8(6-15)16-13-2-3-14-16/h2-4,7-8H,5-6H2,1H3. The SMILES string of the molecule is COc1cc(N2CC(n3nccn3)C2)ncn1. The zero-order valence-corrected chi connectivity index (χ0v) is 9.39. The number of aromatic nitrogens is 5. The Hall–Kier alpha value is -2.18. The molecule has 88 valence electrons. The fraction of sp³-hybridized carbons (Fsp3) is 0.400. The lowest BCUT2D eigenvalue weighted by Crippen LogP contribution is -2.48. The van der Waals surface area contributed by atoms with Crippen LogP contribution in [0.2, 0.25) is 0 Å². The molecule has 0 atom stereocenters. The Labute approximate surface area is 98.1 Å². The van der Waals surface area contributed by atoms with Gasteiger partial charge in [-0.1, -0.05) is 0 Å². The maximum absolute atomic E-state index is 5.07. The Morgan fingerprint density at radius 3 is 2.71 bits per heavy atom. The molecule has 0 unspecified atom stereocenters. The van der Waals surface area contributed by atoms with Gasteiger partial charge in [-0.05, 0) is 0 Å². The minimum Gasteiger partial charge on any atom is -0.481 e. The highest BCUT2D eigenvalue weighted by molar-refractivity contribution is 5.43. The third kappa shape index (κ3) is 1.79. The van der Waals surface area contributed by atoms with E-state index in [0.717, 1.165) is 18.9 Å². The smallest absolute Gasteiger partial charge is 0.218 e. The van der Waals surface area contributed by atoms with Gasteiger partial charge in [0.25, 0.3) is 0 Å². The summed E-state index contributed by atoms with van der Waals surface area (Å²) in [7, 11) is 1.60. The first kappa shape index (κ1) is 10.0. The molecule has 0 radical (unpaired) electrons. The van der Waals surface area contributed by atoms with Crippen LogP contribution in [0.4, 0.5) is 5.82 Å². The van der Waals surface area contributed by atoms with Gasteiger partial charge in [0.1, 0.15) is 18.2 Å². The molecule has 0 aliphatic carbocycles. The lowest BCUT2D eigenvalue weighted by molar-refractivity contribution is 0.330. The first-order chi connectivity index (χ1) is 8.36. The van der Waals surface area contributed by atoms with Crippen molar-refractivity contribution in [1.29, 1.82) is 0 Å². The quantitative estimate of drug-likeness (QED) is 0.749. The molecule has 1 fully saturated rings. The fourth-order valence-corrected chi connectivity index (χ4v) is 1.82. The molecule has 2 aromatic rings. The first-order valence-corrected chi connectivity index (χ1v) is 5.33. The molecule has 0 spiro atoms. The number of rotatable bonds is 3. The van der Waals surface area contributed by atoms with Gasteiger partial charge in [-0.15, -0.1) is 0 Å². The van der Waals surface area contributed by atoms with Gasteiger partial charge in [0.15, 0.2) is 0 Å². The molecule has 1 saturated heterocycles. The number of ether oxygens (including phenoxy) is 1. The number of hydrogen-bond acceptors (Lipinski definition) is 6. The van der Waals surface area contributed by atoms with Crippen molar-refractivity contribution in [3.05, 3.63) is 24.8 Å². The Bertz CT molecular complexity index is 493. The molecule has 1 aliphatic heterocycles. The van der Waals surface area contributed by atoms with Crippen LogP contribution in [0.3, 0.4) is 0 Å². The molecule has 0 N–H and O–H groups in total. The molecule has 1 aliphatic rings. The predicted octanol–water partition coefficient (Wildman–Crippen LogP) is 0.138. The topological polar surface area (TPSA) is 69.0 Å². The van der Waals surface area contributed by atoms with Gasteiger partial charge >= 0.3 is 0 Å². The van der Waals surface area contributed by atoms with Crippen LogP contribution in [0.1, 0.15) is 6.04 Å². The van der Waals surface area contributed by atoms with Crippen LogP contribution in [-0.4, -0.2) is 45.2 Å². The van der Waals surface area contributed by atoms with Crippen LogP contribution in [0.15, 0.2) is 24.8 Å². The molecular formula is C10H12N6O. The van der Waals surface area contributed by atoms with Crippen molar-refractivity contribution >= 4 is 5.82 Å². The summed E-state index contributed by atoms with van der Waals surface area (Å²) >= 11 is 0. The van der Waals surface area contributed by atoms with E-state index < -0.39 is 0 Å². The van der Waals surface area contributed by atoms with E-state index in [-0.39, 0.29) is 0 Å². The van der Waals surface area contributed by atoms with E-state index in [9.17, 15) is 0 Å². The van der Waals surface area contributed by atoms with E-state index in [1.807, 2.05) is 6.07 Å². The molecule has 0 saturated carbocycles. The van der Waals surface area contributed by atoms with Crippen molar-refractivity contribution in [2.24, 2.45) is 0 Å². The molecule has 3 heterocycles. The highest BCUT2D eigenvalue weighted by Crippen LogP contribution is 2.26. The summed E-state index contributed by atoms with van der Waals surface area (Å²) in [6.45, 7) is 1.71. The van der Waals surface area contributed by atoms with Crippen LogP contribution < -0.4 is 9.64 Å². The summed E-state index contributed by atoms with van der Waals surface area (Å²) in [5, 5.41) is 8.24. The zero-order chi connectivity index (χ0) is 11.7. The van der Waals surface area contributed by atoms with Crippen molar-refractivity contribution in [3.8, 4) is 5.88 Å². The van der Waals surface area contributed by atoms with E-state index >= 15 is 0 Å². The van der Waals surface area contributed by atoms with Crippen molar-refractivity contribution in [2.45, 2.75) is 6.04 Å². The van der Waals surface area contributed by atoms with Gasteiger partial charge in [-0.2, -0.15) is 15.0 Å². The van der Waals surface area contributed by atoms with E-state index in [2.05, 4.69) is 25.1 Å². The third-order valence-corrected chi connectivity index (χ3v) is 2.79. The lowest BCUT2D eigenvalue weighted by atomic mass is 10.1. The largest absolute Gasteiger partial charge is 0.481 e. The normalized spacial score (nSPS) is 15.7. The molecular weight excluding hydrogens is 220 g/mol. The van der Waals surface area contributed by atoms with Crippen molar-refractivity contribution in [2.75, 3.05) is 25.1 Å². The van der Waals surface area contributed by atoms with Gasteiger partial charge in [0.05, 0.1) is 19.5 Å². The second-order valence-electron chi connectivity index (χ2n) is 3.83. The fourth-order valence-electron chi connectivity index (χ4n) is 1.82. The molecule has 0 bridgehead atoms. The van der Waals surface area contributed by atoms with Gasteiger partial charge in [-0.3, -0.25) is 0 Å². The number of methoxy groups -OCH3 is 1. The average molecular weight is 232 g/mol. The van der Waals surface area contributed by atoms with Crippen LogP contribution in [0, 0.1) is 0 Å². The monoisotopic (exact) mass is 232 g/mol. The van der Waals surface area contributed by atoms with E-state index in [1.165, 1.54) is 6.33 Å². The maximum atomic E-state index is 5.07. The Morgan fingerprint density at radius 2 is 2.00 bits per heavy atom. The lowest BCUT2D eigenvalue weighted by Gasteiger charge is -2.39. The summed E-state index contributed by atoms with van der Waals surface area (Å²) in [6.07, 6.45) is 4.89. The predicted molar refractivity (Wildman–Crippen MR) is 59.9 cm³/mol. The molecule has 2 aromatic heterocycles. The highest BCUT2D eigenvalue weighted by Gasteiger charge is 2.30. The van der Waals surface area contributed by atoms with Gasteiger partial charge in [-0.25, -0.2) is 9.97 Å². The second-order valence-corrected chi connectivity index (χ2v) is 3.83. The Kier molecular flexibility index (Phi) is 2.36. The van der Waals surface area contributed by atoms with Gasteiger partial charge in [0.2, 0.25) is 5.88 Å². The summed E-state index contributed by atoms with van der Waals surface area (Å²) in [5.74, 6) is 1.45.